The van der Waals surface area contributed by atoms with Crippen LogP contribution < -0.4 is 5.73 Å². The van der Waals surface area contributed by atoms with Crippen LogP contribution in [-0.4, -0.2) is 46.4 Å². The Balaban J connectivity index is 2.65. The van der Waals surface area contributed by atoms with Crippen molar-refractivity contribution >= 4 is 6.09 Å². The van der Waals surface area contributed by atoms with Crippen molar-refractivity contribution in [1.82, 2.24) is 4.90 Å². The first kappa shape index (κ1) is 16.2. The molecule has 19 heavy (non-hydrogen) atoms. The van der Waals surface area contributed by atoms with Gasteiger partial charge in [0.25, 0.3) is 0 Å². The molecule has 0 aromatic rings. The molecule has 1 fully saturated rings. The molecule has 0 radical (unpaired) electrons. The molecule has 1 saturated heterocycles. The van der Waals surface area contributed by atoms with Crippen molar-refractivity contribution < 1.29 is 14.6 Å². The van der Waals surface area contributed by atoms with Crippen molar-refractivity contribution in [2.45, 2.75) is 77.2 Å². The summed E-state index contributed by atoms with van der Waals surface area (Å²) in [6.45, 7) is 8.20. The fourth-order valence-corrected chi connectivity index (χ4v) is 2.48. The minimum Gasteiger partial charge on any atom is -0.444 e. The van der Waals surface area contributed by atoms with E-state index in [-0.39, 0.29) is 18.2 Å². The zero-order valence-electron chi connectivity index (χ0n) is 12.6. The number of hydrogen-bond acceptors (Lipinski definition) is 4. The van der Waals surface area contributed by atoms with Crippen LogP contribution in [-0.2, 0) is 4.74 Å². The first-order valence-corrected chi connectivity index (χ1v) is 7.19. The third kappa shape index (κ3) is 4.66. The van der Waals surface area contributed by atoms with Crippen LogP contribution in [0.4, 0.5) is 4.79 Å². The van der Waals surface area contributed by atoms with Gasteiger partial charge in [-0.2, -0.15) is 0 Å². The van der Waals surface area contributed by atoms with E-state index in [1.54, 1.807) is 4.90 Å². The number of ether oxygens (including phenoxy) is 1. The Labute approximate surface area is 116 Å². The summed E-state index contributed by atoms with van der Waals surface area (Å²) in [6, 6.07) is -0.491. The smallest absolute Gasteiger partial charge is 0.410 e. The van der Waals surface area contributed by atoms with Gasteiger partial charge in [0.2, 0.25) is 0 Å². The van der Waals surface area contributed by atoms with Crippen LogP contribution >= 0.6 is 0 Å². The van der Waals surface area contributed by atoms with Crippen LogP contribution in [0.15, 0.2) is 0 Å². The highest BCUT2D eigenvalue weighted by atomic mass is 16.6. The Morgan fingerprint density at radius 3 is 2.68 bits per heavy atom. The monoisotopic (exact) mass is 272 g/mol. The topological polar surface area (TPSA) is 75.8 Å². The largest absolute Gasteiger partial charge is 0.444 e. The molecular weight excluding hydrogens is 244 g/mol. The number of likely N-dealkylation sites (tertiary alicyclic amines) is 1. The molecule has 1 aliphatic heterocycles. The molecule has 0 saturated carbocycles. The number of hydrogen-bond donors (Lipinski definition) is 2. The summed E-state index contributed by atoms with van der Waals surface area (Å²) >= 11 is 0. The molecule has 0 unspecified atom stereocenters. The van der Waals surface area contributed by atoms with Gasteiger partial charge in [0.05, 0.1) is 12.1 Å². The Hall–Kier alpha value is -0.810. The van der Waals surface area contributed by atoms with Gasteiger partial charge >= 0.3 is 6.09 Å². The highest BCUT2D eigenvalue weighted by Gasteiger charge is 2.38. The Bertz CT molecular complexity index is 302. The van der Waals surface area contributed by atoms with Crippen molar-refractivity contribution in [2.24, 2.45) is 5.73 Å². The lowest BCUT2D eigenvalue weighted by Gasteiger charge is -2.33. The van der Waals surface area contributed by atoms with Crippen molar-refractivity contribution in [3.8, 4) is 0 Å². The lowest BCUT2D eigenvalue weighted by molar-refractivity contribution is 0.000277. The van der Waals surface area contributed by atoms with Gasteiger partial charge in [-0.1, -0.05) is 13.3 Å². The van der Waals surface area contributed by atoms with E-state index in [1.807, 2.05) is 27.7 Å². The third-order valence-electron chi connectivity index (χ3n) is 3.38. The van der Waals surface area contributed by atoms with Crippen molar-refractivity contribution in [3.05, 3.63) is 0 Å². The second-order valence-corrected chi connectivity index (χ2v) is 6.33. The van der Waals surface area contributed by atoms with Gasteiger partial charge in [-0.25, -0.2) is 4.79 Å². The van der Waals surface area contributed by atoms with Gasteiger partial charge < -0.3 is 20.5 Å². The van der Waals surface area contributed by atoms with E-state index in [9.17, 15) is 9.90 Å². The molecular formula is C14H28N2O3. The molecule has 1 aliphatic rings. The average Bonchev–Trinajstić information content (AvgIpc) is 2.74. The molecule has 5 heteroatoms. The van der Waals surface area contributed by atoms with E-state index in [1.165, 1.54) is 0 Å². The Morgan fingerprint density at radius 1 is 1.53 bits per heavy atom. The Morgan fingerprint density at radius 2 is 2.16 bits per heavy atom. The molecule has 1 amide bonds. The van der Waals surface area contributed by atoms with E-state index in [4.69, 9.17) is 10.5 Å². The number of rotatable bonds is 4. The average molecular weight is 272 g/mol. The molecule has 0 aliphatic carbocycles. The zero-order chi connectivity index (χ0) is 14.6. The third-order valence-corrected chi connectivity index (χ3v) is 3.38. The molecule has 0 aromatic heterocycles. The number of amides is 1. The maximum Gasteiger partial charge on any atom is 0.410 e. The molecule has 1 heterocycles. The van der Waals surface area contributed by atoms with Crippen LogP contribution in [0, 0.1) is 0 Å². The molecule has 0 bridgehead atoms. The van der Waals surface area contributed by atoms with Crippen LogP contribution in [0.5, 0.6) is 0 Å². The summed E-state index contributed by atoms with van der Waals surface area (Å²) in [6.07, 6.45) is 2.35. The summed E-state index contributed by atoms with van der Waals surface area (Å²) < 4.78 is 5.38. The molecule has 112 valence electrons. The summed E-state index contributed by atoms with van der Waals surface area (Å²) in [5.41, 5.74) is 5.46. The van der Waals surface area contributed by atoms with E-state index in [2.05, 4.69) is 0 Å². The van der Waals surface area contributed by atoms with E-state index in [0.29, 0.717) is 6.54 Å². The number of nitrogens with zero attached hydrogens (tertiary/aromatic N) is 1. The number of carbonyl (C=O) groups excluding carboxylic acids is 1. The maximum atomic E-state index is 12.1. The quantitative estimate of drug-likeness (QED) is 0.819. The van der Waals surface area contributed by atoms with Gasteiger partial charge in [0.15, 0.2) is 0 Å². The molecule has 3 atom stereocenters. The fraction of sp³-hybridized carbons (Fsp3) is 0.929. The second-order valence-electron chi connectivity index (χ2n) is 6.33. The minimum absolute atomic E-state index is 0.212. The zero-order valence-corrected chi connectivity index (χ0v) is 12.6. The predicted molar refractivity (Wildman–Crippen MR) is 74.9 cm³/mol. The molecule has 3 N–H and O–H groups in total. The van der Waals surface area contributed by atoms with Gasteiger partial charge in [-0.3, -0.25) is 0 Å². The maximum absolute atomic E-state index is 12.1. The fourth-order valence-electron chi connectivity index (χ4n) is 2.48. The predicted octanol–water partition coefficient (Wildman–Crippen LogP) is 1.87. The van der Waals surface area contributed by atoms with Crippen molar-refractivity contribution in [1.29, 1.82) is 0 Å². The van der Waals surface area contributed by atoms with Gasteiger partial charge in [0, 0.05) is 12.6 Å². The van der Waals surface area contributed by atoms with E-state index >= 15 is 0 Å². The summed E-state index contributed by atoms with van der Waals surface area (Å²) in [4.78, 5) is 13.7. The van der Waals surface area contributed by atoms with Crippen molar-refractivity contribution in [3.63, 3.8) is 0 Å². The number of aliphatic hydroxyl groups excluding tert-OH is 1. The highest BCUT2D eigenvalue weighted by Crippen LogP contribution is 2.24. The summed E-state index contributed by atoms with van der Waals surface area (Å²) in [7, 11) is 0. The highest BCUT2D eigenvalue weighted by molar-refractivity contribution is 5.69. The number of nitrogens with two attached hydrogens (primary N) is 1. The molecule has 1 rings (SSSR count). The first-order valence-electron chi connectivity index (χ1n) is 7.19. The second kappa shape index (κ2) is 6.57. The van der Waals surface area contributed by atoms with Crippen LogP contribution in [0.2, 0.25) is 0 Å². The minimum atomic E-state index is -0.671. The van der Waals surface area contributed by atoms with E-state index < -0.39 is 11.7 Å². The first-order chi connectivity index (χ1) is 8.76. The normalized spacial score (nSPS) is 23.3. The van der Waals surface area contributed by atoms with Gasteiger partial charge in [-0.15, -0.1) is 0 Å². The Kier molecular flexibility index (Phi) is 5.62. The molecule has 0 spiro atoms. The summed E-state index contributed by atoms with van der Waals surface area (Å²) in [5, 5.41) is 10.3. The lowest BCUT2D eigenvalue weighted by Crippen LogP contribution is -2.51. The standard InChI is InChI=1S/C14H28N2O3/c1-5-7-10(15)12(17)11-8-6-9-16(11)13(18)19-14(2,3)4/h10-12,17H,5-9,15H2,1-4H3/t10-,11+,12-/m0/s1. The lowest BCUT2D eigenvalue weighted by atomic mass is 9.98. The summed E-state index contributed by atoms with van der Waals surface area (Å²) in [5.74, 6) is 0. The van der Waals surface area contributed by atoms with E-state index in [0.717, 1.165) is 25.7 Å². The van der Waals surface area contributed by atoms with Crippen molar-refractivity contribution in [2.75, 3.05) is 6.54 Å². The van der Waals surface area contributed by atoms with Crippen LogP contribution in [0.1, 0.15) is 53.4 Å². The molecule has 5 nitrogen and oxygen atoms in total. The number of carbonyl (C=O) groups is 1. The van der Waals surface area contributed by atoms with Gasteiger partial charge in [0.1, 0.15) is 5.60 Å². The SMILES string of the molecule is CCC[C@H](N)[C@H](O)[C@H]1CCCN1C(=O)OC(C)(C)C. The number of aliphatic hydroxyl groups is 1. The van der Waals surface area contributed by atoms with Crippen LogP contribution in [0.25, 0.3) is 0 Å². The van der Waals surface area contributed by atoms with Gasteiger partial charge in [-0.05, 0) is 40.0 Å². The van der Waals surface area contributed by atoms with Crippen LogP contribution in [0.3, 0.4) is 0 Å². The molecule has 0 aromatic carbocycles.